The standard InChI is InChI=1S/C17H14N2O2/c1-12-2-7-16-13(9-18)10-19(17(16)8-12)14-3-5-15(6-4-14)21-11-20/h2-8,10,20H,11H2,1H3. The average Bonchev–Trinajstić information content (AvgIpc) is 2.86. The topological polar surface area (TPSA) is 58.2 Å². The molecule has 1 aromatic heterocycles. The Balaban J connectivity index is 2.15. The summed E-state index contributed by atoms with van der Waals surface area (Å²) >= 11 is 0. The second-order valence-electron chi connectivity index (χ2n) is 4.81. The number of benzene rings is 2. The lowest BCUT2D eigenvalue weighted by Gasteiger charge is -2.07. The molecule has 3 aromatic rings. The first-order valence-corrected chi connectivity index (χ1v) is 6.59. The van der Waals surface area contributed by atoms with Crippen LogP contribution < -0.4 is 4.74 Å². The van der Waals surface area contributed by atoms with Crippen molar-refractivity contribution in [3.05, 3.63) is 59.8 Å². The molecule has 1 N–H and O–H groups in total. The van der Waals surface area contributed by atoms with E-state index in [1.807, 2.05) is 42.0 Å². The Morgan fingerprint density at radius 2 is 1.95 bits per heavy atom. The number of aliphatic hydroxyl groups is 1. The molecule has 0 atom stereocenters. The Bertz CT molecular complexity index is 826. The summed E-state index contributed by atoms with van der Waals surface area (Å²) in [6.07, 6.45) is 1.84. The Labute approximate surface area is 122 Å². The molecule has 0 unspecified atom stereocenters. The van der Waals surface area contributed by atoms with Crippen LogP contribution in [0.2, 0.25) is 0 Å². The van der Waals surface area contributed by atoms with Crippen LogP contribution in [0.4, 0.5) is 0 Å². The van der Waals surface area contributed by atoms with E-state index in [2.05, 4.69) is 12.1 Å². The van der Waals surface area contributed by atoms with E-state index in [0.29, 0.717) is 11.3 Å². The van der Waals surface area contributed by atoms with E-state index in [-0.39, 0.29) is 6.79 Å². The maximum Gasteiger partial charge on any atom is 0.186 e. The molecule has 2 aromatic carbocycles. The fourth-order valence-electron chi connectivity index (χ4n) is 2.42. The molecular formula is C17H14N2O2. The van der Waals surface area contributed by atoms with Gasteiger partial charge in [-0.15, -0.1) is 0 Å². The maximum absolute atomic E-state index is 9.27. The van der Waals surface area contributed by atoms with Crippen LogP contribution >= 0.6 is 0 Å². The highest BCUT2D eigenvalue weighted by Gasteiger charge is 2.09. The fraction of sp³-hybridized carbons (Fsp3) is 0.118. The SMILES string of the molecule is Cc1ccc2c(C#N)cn(-c3ccc(OCO)cc3)c2c1. The fourth-order valence-corrected chi connectivity index (χ4v) is 2.42. The summed E-state index contributed by atoms with van der Waals surface area (Å²) in [6.45, 7) is 1.69. The highest BCUT2D eigenvalue weighted by Crippen LogP contribution is 2.26. The maximum atomic E-state index is 9.27. The first kappa shape index (κ1) is 13.2. The number of aryl methyl sites for hydroxylation is 1. The minimum Gasteiger partial charge on any atom is -0.468 e. The van der Waals surface area contributed by atoms with Gasteiger partial charge in [0.1, 0.15) is 11.8 Å². The minimum absolute atomic E-state index is 0.344. The van der Waals surface area contributed by atoms with Crippen LogP contribution in [0.5, 0.6) is 5.75 Å². The van der Waals surface area contributed by atoms with Crippen molar-refractivity contribution < 1.29 is 9.84 Å². The van der Waals surface area contributed by atoms with E-state index in [1.54, 1.807) is 12.1 Å². The summed E-state index contributed by atoms with van der Waals surface area (Å²) in [7, 11) is 0. The van der Waals surface area contributed by atoms with Gasteiger partial charge in [0.25, 0.3) is 0 Å². The smallest absolute Gasteiger partial charge is 0.186 e. The Hall–Kier alpha value is -2.77. The van der Waals surface area contributed by atoms with Gasteiger partial charge in [0.05, 0.1) is 11.1 Å². The summed E-state index contributed by atoms with van der Waals surface area (Å²) in [5, 5.41) is 19.0. The molecule has 104 valence electrons. The van der Waals surface area contributed by atoms with Crippen LogP contribution in [0.1, 0.15) is 11.1 Å². The Morgan fingerprint density at radius 1 is 1.19 bits per heavy atom. The van der Waals surface area contributed by atoms with Gasteiger partial charge in [-0.2, -0.15) is 5.26 Å². The molecule has 3 rings (SSSR count). The third-order valence-electron chi connectivity index (χ3n) is 3.43. The normalized spacial score (nSPS) is 10.5. The van der Waals surface area contributed by atoms with E-state index in [4.69, 9.17) is 9.84 Å². The predicted octanol–water partition coefficient (Wildman–Crippen LogP) is 3.14. The molecule has 0 bridgehead atoms. The second kappa shape index (κ2) is 5.31. The molecule has 4 nitrogen and oxygen atoms in total. The van der Waals surface area contributed by atoms with E-state index in [1.165, 1.54) is 0 Å². The number of rotatable bonds is 3. The Kier molecular flexibility index (Phi) is 3.35. The zero-order chi connectivity index (χ0) is 14.8. The van der Waals surface area contributed by atoms with Gasteiger partial charge in [0, 0.05) is 17.3 Å². The lowest BCUT2D eigenvalue weighted by Crippen LogP contribution is -1.96. The van der Waals surface area contributed by atoms with E-state index < -0.39 is 0 Å². The lowest BCUT2D eigenvalue weighted by molar-refractivity contribution is 0.0985. The summed E-state index contributed by atoms with van der Waals surface area (Å²) in [4.78, 5) is 0. The molecule has 21 heavy (non-hydrogen) atoms. The highest BCUT2D eigenvalue weighted by molar-refractivity contribution is 5.88. The van der Waals surface area contributed by atoms with Crippen molar-refractivity contribution in [3.63, 3.8) is 0 Å². The molecule has 4 heteroatoms. The minimum atomic E-state index is -0.344. The molecule has 0 amide bonds. The highest BCUT2D eigenvalue weighted by atomic mass is 16.6. The monoisotopic (exact) mass is 278 g/mol. The third kappa shape index (κ3) is 2.35. The van der Waals surface area contributed by atoms with Crippen molar-refractivity contribution in [2.75, 3.05) is 6.79 Å². The number of nitrogens with zero attached hydrogens (tertiary/aromatic N) is 2. The van der Waals surface area contributed by atoms with Gasteiger partial charge in [-0.25, -0.2) is 0 Å². The second-order valence-corrected chi connectivity index (χ2v) is 4.81. The molecule has 0 radical (unpaired) electrons. The number of nitriles is 1. The molecule has 0 aliphatic heterocycles. The van der Waals surface area contributed by atoms with Gasteiger partial charge >= 0.3 is 0 Å². The van der Waals surface area contributed by atoms with Crippen molar-refractivity contribution in [1.29, 1.82) is 5.26 Å². The van der Waals surface area contributed by atoms with Gasteiger partial charge in [0.15, 0.2) is 6.79 Å². The molecule has 0 fully saturated rings. The first-order valence-electron chi connectivity index (χ1n) is 6.59. The van der Waals surface area contributed by atoms with Gasteiger partial charge in [-0.1, -0.05) is 12.1 Å². The molecule has 0 aliphatic carbocycles. The summed E-state index contributed by atoms with van der Waals surface area (Å²) in [5.41, 5.74) is 3.74. The van der Waals surface area contributed by atoms with Gasteiger partial charge in [-0.05, 0) is 42.8 Å². The summed E-state index contributed by atoms with van der Waals surface area (Å²) < 4.78 is 7.01. The molecule has 0 saturated heterocycles. The molecule has 0 saturated carbocycles. The number of hydrogen-bond acceptors (Lipinski definition) is 3. The molecule has 1 heterocycles. The summed E-state index contributed by atoms with van der Waals surface area (Å²) in [5.74, 6) is 0.606. The van der Waals surface area contributed by atoms with Crippen LogP contribution in [0.15, 0.2) is 48.7 Å². The van der Waals surface area contributed by atoms with Crippen LogP contribution in [0.3, 0.4) is 0 Å². The van der Waals surface area contributed by atoms with Crippen LogP contribution in [0.25, 0.3) is 16.6 Å². The number of aliphatic hydroxyl groups excluding tert-OH is 1. The van der Waals surface area contributed by atoms with Gasteiger partial charge in [-0.3, -0.25) is 0 Å². The van der Waals surface area contributed by atoms with Crippen molar-refractivity contribution >= 4 is 10.9 Å². The largest absolute Gasteiger partial charge is 0.468 e. The van der Waals surface area contributed by atoms with E-state index in [0.717, 1.165) is 22.2 Å². The van der Waals surface area contributed by atoms with E-state index >= 15 is 0 Å². The Morgan fingerprint density at radius 3 is 2.62 bits per heavy atom. The van der Waals surface area contributed by atoms with Crippen LogP contribution in [-0.2, 0) is 0 Å². The third-order valence-corrected chi connectivity index (χ3v) is 3.43. The number of fused-ring (bicyclic) bond motifs is 1. The van der Waals surface area contributed by atoms with E-state index in [9.17, 15) is 5.26 Å². The number of aromatic nitrogens is 1. The van der Waals surface area contributed by atoms with Gasteiger partial charge in [0.2, 0.25) is 0 Å². The van der Waals surface area contributed by atoms with Crippen molar-refractivity contribution in [3.8, 4) is 17.5 Å². The zero-order valence-electron chi connectivity index (χ0n) is 11.6. The first-order chi connectivity index (χ1) is 10.2. The van der Waals surface area contributed by atoms with Crippen molar-refractivity contribution in [2.24, 2.45) is 0 Å². The quantitative estimate of drug-likeness (QED) is 0.749. The number of ether oxygens (including phenoxy) is 1. The molecular weight excluding hydrogens is 264 g/mol. The predicted molar refractivity (Wildman–Crippen MR) is 80.4 cm³/mol. The van der Waals surface area contributed by atoms with Crippen LogP contribution in [-0.4, -0.2) is 16.5 Å². The van der Waals surface area contributed by atoms with Crippen LogP contribution in [0, 0.1) is 18.3 Å². The van der Waals surface area contributed by atoms with Crippen molar-refractivity contribution in [2.45, 2.75) is 6.92 Å². The zero-order valence-corrected chi connectivity index (χ0v) is 11.6. The van der Waals surface area contributed by atoms with Gasteiger partial charge < -0.3 is 14.4 Å². The lowest BCUT2D eigenvalue weighted by atomic mass is 10.1. The molecule has 0 aliphatic rings. The molecule has 0 spiro atoms. The average molecular weight is 278 g/mol. The van der Waals surface area contributed by atoms with Crippen molar-refractivity contribution in [1.82, 2.24) is 4.57 Å². The number of hydrogen-bond donors (Lipinski definition) is 1. The summed E-state index contributed by atoms with van der Waals surface area (Å²) in [6, 6.07) is 15.7.